The molecule has 3 aliphatic heterocycles. The van der Waals surface area contributed by atoms with Crippen LogP contribution in [-0.4, -0.2) is 58.6 Å². The Morgan fingerprint density at radius 2 is 2.22 bits per heavy atom. The van der Waals surface area contributed by atoms with Gasteiger partial charge in [0.15, 0.2) is 0 Å². The van der Waals surface area contributed by atoms with Crippen LogP contribution in [0.15, 0.2) is 30.6 Å². The number of nitrogens with one attached hydrogen (secondary N) is 2. The molecule has 5 rings (SSSR count). The van der Waals surface area contributed by atoms with Crippen molar-refractivity contribution in [2.75, 3.05) is 32.1 Å². The topological polar surface area (TPSA) is 73.5 Å². The molecule has 0 saturated carbocycles. The molecule has 0 spiro atoms. The van der Waals surface area contributed by atoms with Gasteiger partial charge in [-0.1, -0.05) is 6.07 Å². The molecule has 2 bridgehead atoms. The average molecular weight is 369 g/mol. The second-order valence-corrected chi connectivity index (χ2v) is 7.58. The average Bonchev–Trinajstić information content (AvgIpc) is 2.88. The first-order valence-electron chi connectivity index (χ1n) is 9.55. The maximum Gasteiger partial charge on any atom is 0.322 e. The molecule has 7 nitrogen and oxygen atoms in total. The minimum Gasteiger partial charge on any atom is -0.497 e. The SMILES string of the molecule is COc1cccc(NC(=O)N2C[C@@H]3CC[C@H]2CN(Cc2nc[nH]c2C)C3)c1. The van der Waals surface area contributed by atoms with Gasteiger partial charge in [-0.15, -0.1) is 0 Å². The van der Waals surface area contributed by atoms with Crippen molar-refractivity contribution in [3.63, 3.8) is 0 Å². The highest BCUT2D eigenvalue weighted by Crippen LogP contribution is 2.29. The first-order valence-corrected chi connectivity index (χ1v) is 9.55. The number of benzene rings is 1. The lowest BCUT2D eigenvalue weighted by atomic mass is 9.95. The number of carbonyl (C=O) groups is 1. The number of aromatic amines is 1. The zero-order valence-electron chi connectivity index (χ0n) is 15.9. The van der Waals surface area contributed by atoms with Crippen LogP contribution in [0.2, 0.25) is 0 Å². The first kappa shape index (κ1) is 17.9. The molecule has 3 fully saturated rings. The number of aryl methyl sites for hydroxylation is 1. The van der Waals surface area contributed by atoms with Crippen molar-refractivity contribution < 1.29 is 9.53 Å². The molecule has 3 aliphatic rings. The van der Waals surface area contributed by atoms with Crippen molar-refractivity contribution in [1.82, 2.24) is 19.8 Å². The Labute approximate surface area is 159 Å². The number of fused-ring (bicyclic) bond motifs is 4. The Balaban J connectivity index is 1.43. The van der Waals surface area contributed by atoms with Crippen LogP contribution in [0.4, 0.5) is 10.5 Å². The molecule has 0 unspecified atom stereocenters. The lowest BCUT2D eigenvalue weighted by Crippen LogP contribution is -2.49. The third-order valence-corrected chi connectivity index (χ3v) is 5.68. The van der Waals surface area contributed by atoms with Crippen LogP contribution < -0.4 is 10.1 Å². The van der Waals surface area contributed by atoms with Crippen molar-refractivity contribution in [1.29, 1.82) is 0 Å². The van der Waals surface area contributed by atoms with Gasteiger partial charge >= 0.3 is 6.03 Å². The molecule has 144 valence electrons. The first-order chi connectivity index (χ1) is 13.1. The van der Waals surface area contributed by atoms with Crippen LogP contribution >= 0.6 is 0 Å². The van der Waals surface area contributed by atoms with Gasteiger partial charge in [-0.05, 0) is 37.8 Å². The minimum atomic E-state index is -0.0178. The van der Waals surface area contributed by atoms with E-state index in [1.54, 1.807) is 13.4 Å². The van der Waals surface area contributed by atoms with Gasteiger partial charge in [0.1, 0.15) is 5.75 Å². The van der Waals surface area contributed by atoms with E-state index < -0.39 is 0 Å². The highest BCUT2D eigenvalue weighted by molar-refractivity contribution is 5.89. The molecule has 2 N–H and O–H groups in total. The monoisotopic (exact) mass is 369 g/mol. The number of aromatic nitrogens is 2. The second-order valence-electron chi connectivity index (χ2n) is 7.58. The lowest BCUT2D eigenvalue weighted by molar-refractivity contribution is 0.151. The molecule has 3 saturated heterocycles. The number of hydrogen-bond donors (Lipinski definition) is 2. The molecule has 1 aromatic carbocycles. The normalized spacial score (nSPS) is 22.5. The summed E-state index contributed by atoms with van der Waals surface area (Å²) < 4.78 is 5.24. The summed E-state index contributed by atoms with van der Waals surface area (Å²) in [6, 6.07) is 7.73. The standard InChI is InChI=1S/C20H27N5O2/c1-14-19(22-13-21-14)12-24-9-15-6-7-17(11-24)25(10-15)20(26)23-16-4-3-5-18(8-16)27-2/h3-5,8,13,15,17H,6-7,9-12H2,1-2H3,(H,21,22)(H,23,26)/t15-,17+/m1/s1. The summed E-state index contributed by atoms with van der Waals surface area (Å²) in [5.41, 5.74) is 2.99. The molecule has 4 heterocycles. The molecule has 0 aliphatic carbocycles. The van der Waals surface area contributed by atoms with Crippen LogP contribution in [0, 0.1) is 12.8 Å². The van der Waals surface area contributed by atoms with Crippen molar-refractivity contribution in [3.05, 3.63) is 42.0 Å². The van der Waals surface area contributed by atoms with E-state index in [9.17, 15) is 4.79 Å². The summed E-state index contributed by atoms with van der Waals surface area (Å²) in [5, 5.41) is 3.04. The van der Waals surface area contributed by atoms with Crippen LogP contribution in [0.25, 0.3) is 0 Å². The number of nitrogens with zero attached hydrogens (tertiary/aromatic N) is 3. The number of imidazole rings is 1. The summed E-state index contributed by atoms with van der Waals surface area (Å²) in [5.74, 6) is 1.25. The van der Waals surface area contributed by atoms with Gasteiger partial charge in [-0.2, -0.15) is 0 Å². The summed E-state index contributed by atoms with van der Waals surface area (Å²) in [7, 11) is 1.63. The summed E-state index contributed by atoms with van der Waals surface area (Å²) in [4.78, 5) is 25.0. The maximum atomic E-state index is 12.9. The highest BCUT2D eigenvalue weighted by Gasteiger charge is 2.37. The Kier molecular flexibility index (Phi) is 5.03. The number of hydrogen-bond acceptors (Lipinski definition) is 4. The fourth-order valence-corrected chi connectivity index (χ4v) is 4.21. The number of urea groups is 1. The number of ether oxygens (including phenoxy) is 1. The van der Waals surface area contributed by atoms with Crippen LogP contribution in [0.5, 0.6) is 5.75 Å². The Hall–Kier alpha value is -2.54. The van der Waals surface area contributed by atoms with Crippen molar-refractivity contribution >= 4 is 11.7 Å². The van der Waals surface area contributed by atoms with E-state index in [0.29, 0.717) is 5.92 Å². The van der Waals surface area contributed by atoms with Crippen LogP contribution in [0.1, 0.15) is 24.2 Å². The quantitative estimate of drug-likeness (QED) is 0.869. The number of methoxy groups -OCH3 is 1. The van der Waals surface area contributed by atoms with Gasteiger partial charge in [-0.25, -0.2) is 9.78 Å². The van der Waals surface area contributed by atoms with E-state index in [4.69, 9.17) is 4.74 Å². The van der Waals surface area contributed by atoms with Gasteiger partial charge < -0.3 is 19.9 Å². The highest BCUT2D eigenvalue weighted by atomic mass is 16.5. The number of amides is 2. The number of H-pyrrole nitrogens is 1. The summed E-state index contributed by atoms with van der Waals surface area (Å²) >= 11 is 0. The largest absolute Gasteiger partial charge is 0.497 e. The third kappa shape index (κ3) is 3.93. The molecular weight excluding hydrogens is 342 g/mol. The second kappa shape index (κ2) is 7.60. The molecule has 1 aromatic heterocycles. The van der Waals surface area contributed by atoms with Crippen molar-refractivity contribution in [3.8, 4) is 5.75 Å². The predicted molar refractivity (Wildman–Crippen MR) is 104 cm³/mol. The van der Waals surface area contributed by atoms with Crippen LogP contribution in [0.3, 0.4) is 0 Å². The van der Waals surface area contributed by atoms with Gasteiger partial charge in [0.25, 0.3) is 0 Å². The summed E-state index contributed by atoms with van der Waals surface area (Å²) in [6.07, 6.45) is 4.00. The Bertz CT molecular complexity index is 805. The number of carbonyl (C=O) groups excluding carboxylic acids is 1. The van der Waals surface area contributed by atoms with Gasteiger partial charge in [0.05, 0.1) is 19.1 Å². The van der Waals surface area contributed by atoms with E-state index in [2.05, 4.69) is 27.1 Å². The molecule has 7 heteroatoms. The van der Waals surface area contributed by atoms with Gasteiger partial charge in [0, 0.05) is 49.7 Å². The Morgan fingerprint density at radius 1 is 1.33 bits per heavy atom. The minimum absolute atomic E-state index is 0.0178. The molecular formula is C20H27N5O2. The Morgan fingerprint density at radius 3 is 3.00 bits per heavy atom. The van der Waals surface area contributed by atoms with Gasteiger partial charge in [0.2, 0.25) is 0 Å². The predicted octanol–water partition coefficient (Wildman–Crippen LogP) is 2.86. The zero-order valence-corrected chi connectivity index (χ0v) is 15.9. The fraction of sp³-hybridized carbons (Fsp3) is 0.500. The van der Waals surface area contributed by atoms with E-state index in [-0.39, 0.29) is 12.1 Å². The zero-order chi connectivity index (χ0) is 18.8. The smallest absolute Gasteiger partial charge is 0.322 e. The van der Waals surface area contributed by atoms with E-state index >= 15 is 0 Å². The van der Waals surface area contributed by atoms with Gasteiger partial charge in [-0.3, -0.25) is 4.90 Å². The molecule has 2 amide bonds. The van der Waals surface area contributed by atoms with E-state index in [0.717, 1.165) is 55.4 Å². The number of anilines is 1. The van der Waals surface area contributed by atoms with Crippen molar-refractivity contribution in [2.24, 2.45) is 5.92 Å². The fourth-order valence-electron chi connectivity index (χ4n) is 4.21. The van der Waals surface area contributed by atoms with E-state index in [1.807, 2.05) is 29.2 Å². The van der Waals surface area contributed by atoms with E-state index in [1.165, 1.54) is 6.42 Å². The molecule has 0 radical (unpaired) electrons. The maximum absolute atomic E-state index is 12.9. The number of rotatable bonds is 4. The summed E-state index contributed by atoms with van der Waals surface area (Å²) in [6.45, 7) is 5.63. The molecule has 2 atom stereocenters. The number of piperidine rings is 1. The third-order valence-electron chi connectivity index (χ3n) is 5.68. The molecule has 27 heavy (non-hydrogen) atoms. The lowest BCUT2D eigenvalue weighted by Gasteiger charge is -2.36. The van der Waals surface area contributed by atoms with Crippen LogP contribution in [-0.2, 0) is 6.54 Å². The molecule has 2 aromatic rings. The van der Waals surface area contributed by atoms with Crippen molar-refractivity contribution in [2.45, 2.75) is 32.4 Å².